The molecule has 2 aliphatic rings. The molecular weight excluding hydrogens is 200 g/mol. The maximum absolute atomic E-state index is 9.19. The Kier molecular flexibility index (Phi) is 4.62. The van der Waals surface area contributed by atoms with Crippen molar-refractivity contribution >= 4 is 0 Å². The molecule has 1 N–H and O–H groups in total. The smallest absolute Gasteiger partial charge is 0.122 e. The number of nitriles is 1. The van der Waals surface area contributed by atoms with Gasteiger partial charge in [0.2, 0.25) is 0 Å². The van der Waals surface area contributed by atoms with E-state index >= 15 is 0 Å². The highest BCUT2D eigenvalue weighted by molar-refractivity contribution is 4.99. The molecule has 1 aliphatic heterocycles. The van der Waals surface area contributed by atoms with Gasteiger partial charge in [-0.1, -0.05) is 25.7 Å². The molecule has 1 aliphatic carbocycles. The Balaban J connectivity index is 1.82. The highest BCUT2D eigenvalue weighted by atomic mass is 16.5. The second-order valence-electron chi connectivity index (χ2n) is 5.01. The third kappa shape index (κ3) is 3.20. The fourth-order valence-corrected chi connectivity index (χ4v) is 2.79. The van der Waals surface area contributed by atoms with Crippen LogP contribution in [0.2, 0.25) is 0 Å². The van der Waals surface area contributed by atoms with Crippen LogP contribution in [0.5, 0.6) is 0 Å². The van der Waals surface area contributed by atoms with Crippen molar-refractivity contribution in [3.8, 4) is 6.07 Å². The summed E-state index contributed by atoms with van der Waals surface area (Å²) in [5.74, 6) is 0. The van der Waals surface area contributed by atoms with E-state index in [0.717, 1.165) is 19.4 Å². The summed E-state index contributed by atoms with van der Waals surface area (Å²) >= 11 is 0. The summed E-state index contributed by atoms with van der Waals surface area (Å²) in [6.45, 7) is 0.829. The van der Waals surface area contributed by atoms with Crippen LogP contribution in [-0.4, -0.2) is 24.8 Å². The van der Waals surface area contributed by atoms with Crippen molar-refractivity contribution in [1.29, 1.82) is 5.26 Å². The lowest BCUT2D eigenvalue weighted by atomic mass is 10.0. The van der Waals surface area contributed by atoms with Gasteiger partial charge in [-0.15, -0.1) is 0 Å². The van der Waals surface area contributed by atoms with Crippen molar-refractivity contribution < 1.29 is 4.74 Å². The summed E-state index contributed by atoms with van der Waals surface area (Å²) in [6, 6.07) is 2.82. The lowest BCUT2D eigenvalue weighted by Gasteiger charge is -2.23. The van der Waals surface area contributed by atoms with Crippen LogP contribution in [-0.2, 0) is 4.74 Å². The van der Waals surface area contributed by atoms with E-state index in [1.807, 2.05) is 0 Å². The Hall–Kier alpha value is -0.590. The van der Waals surface area contributed by atoms with E-state index < -0.39 is 0 Å². The minimum absolute atomic E-state index is 0.0920. The maximum atomic E-state index is 9.19. The SMILES string of the molecule is N#CC(NC1CCCCCC1)C1CCCO1. The zero-order valence-corrected chi connectivity index (χ0v) is 9.95. The van der Waals surface area contributed by atoms with Gasteiger partial charge in [-0.25, -0.2) is 0 Å². The van der Waals surface area contributed by atoms with Gasteiger partial charge < -0.3 is 4.74 Å². The van der Waals surface area contributed by atoms with Gasteiger partial charge in [0.25, 0.3) is 0 Å². The summed E-state index contributed by atoms with van der Waals surface area (Å²) < 4.78 is 5.59. The third-order valence-electron chi connectivity index (χ3n) is 3.75. The lowest BCUT2D eigenvalue weighted by Crippen LogP contribution is -2.44. The molecule has 0 radical (unpaired) electrons. The molecule has 0 aromatic carbocycles. The standard InChI is InChI=1S/C13H22N2O/c14-10-12(13-8-5-9-16-13)15-11-6-3-1-2-4-7-11/h11-13,15H,1-9H2. The van der Waals surface area contributed by atoms with E-state index in [1.54, 1.807) is 0 Å². The molecule has 90 valence electrons. The lowest BCUT2D eigenvalue weighted by molar-refractivity contribution is 0.0889. The fourth-order valence-electron chi connectivity index (χ4n) is 2.79. The first kappa shape index (κ1) is 11.9. The third-order valence-corrected chi connectivity index (χ3v) is 3.75. The van der Waals surface area contributed by atoms with Crippen molar-refractivity contribution in [2.24, 2.45) is 0 Å². The van der Waals surface area contributed by atoms with Crippen molar-refractivity contribution in [2.45, 2.75) is 69.6 Å². The van der Waals surface area contributed by atoms with Crippen LogP contribution in [0.25, 0.3) is 0 Å². The molecule has 3 nitrogen and oxygen atoms in total. The van der Waals surface area contributed by atoms with Crippen molar-refractivity contribution in [3.05, 3.63) is 0 Å². The topological polar surface area (TPSA) is 45.0 Å². The van der Waals surface area contributed by atoms with Crippen molar-refractivity contribution in [3.63, 3.8) is 0 Å². The zero-order chi connectivity index (χ0) is 11.2. The Bertz CT molecular complexity index is 235. The molecule has 0 bridgehead atoms. The quantitative estimate of drug-likeness (QED) is 0.746. The second-order valence-corrected chi connectivity index (χ2v) is 5.01. The molecule has 1 saturated carbocycles. The van der Waals surface area contributed by atoms with Crippen LogP contribution < -0.4 is 5.32 Å². The van der Waals surface area contributed by atoms with E-state index in [2.05, 4.69) is 11.4 Å². The first-order chi connectivity index (χ1) is 7.90. The molecule has 16 heavy (non-hydrogen) atoms. The average molecular weight is 222 g/mol. The molecule has 0 spiro atoms. The minimum Gasteiger partial charge on any atom is -0.375 e. The molecule has 2 fully saturated rings. The first-order valence-electron chi connectivity index (χ1n) is 6.67. The van der Waals surface area contributed by atoms with Crippen molar-refractivity contribution in [2.75, 3.05) is 6.61 Å². The predicted molar refractivity (Wildman–Crippen MR) is 63.0 cm³/mol. The molecular formula is C13H22N2O. The van der Waals surface area contributed by atoms with Gasteiger partial charge in [0.1, 0.15) is 6.04 Å². The second kappa shape index (κ2) is 6.22. The number of nitrogens with zero attached hydrogens (tertiary/aromatic N) is 1. The Morgan fingerprint density at radius 2 is 1.81 bits per heavy atom. The number of rotatable bonds is 3. The molecule has 1 heterocycles. The summed E-state index contributed by atoms with van der Waals surface area (Å²) in [5.41, 5.74) is 0. The molecule has 2 unspecified atom stereocenters. The van der Waals surface area contributed by atoms with Crippen LogP contribution in [0.4, 0.5) is 0 Å². The van der Waals surface area contributed by atoms with Gasteiger partial charge in [0, 0.05) is 12.6 Å². The van der Waals surface area contributed by atoms with Crippen LogP contribution >= 0.6 is 0 Å². The average Bonchev–Trinajstić information content (AvgIpc) is 2.71. The fraction of sp³-hybridized carbons (Fsp3) is 0.923. The zero-order valence-electron chi connectivity index (χ0n) is 9.95. The van der Waals surface area contributed by atoms with Crippen LogP contribution in [0.3, 0.4) is 0 Å². The Labute approximate surface area is 98.2 Å². The Morgan fingerprint density at radius 1 is 1.06 bits per heavy atom. The maximum Gasteiger partial charge on any atom is 0.122 e. The summed E-state index contributed by atoms with van der Waals surface area (Å²) in [4.78, 5) is 0. The molecule has 0 amide bonds. The van der Waals surface area contributed by atoms with E-state index in [1.165, 1.54) is 38.5 Å². The Morgan fingerprint density at radius 3 is 2.38 bits per heavy atom. The van der Waals surface area contributed by atoms with Gasteiger partial charge in [0.05, 0.1) is 12.2 Å². The normalized spacial score (nSPS) is 29.6. The van der Waals surface area contributed by atoms with E-state index in [9.17, 15) is 5.26 Å². The van der Waals surface area contributed by atoms with Crippen LogP contribution in [0.1, 0.15) is 51.4 Å². The van der Waals surface area contributed by atoms with Gasteiger partial charge in [-0.2, -0.15) is 5.26 Å². The summed E-state index contributed by atoms with van der Waals surface area (Å²) in [5, 5.41) is 12.7. The van der Waals surface area contributed by atoms with Crippen molar-refractivity contribution in [1.82, 2.24) is 5.32 Å². The van der Waals surface area contributed by atoms with Gasteiger partial charge >= 0.3 is 0 Å². The minimum atomic E-state index is -0.0920. The van der Waals surface area contributed by atoms with Crippen LogP contribution in [0, 0.1) is 11.3 Å². The van der Waals surface area contributed by atoms with E-state index in [-0.39, 0.29) is 12.1 Å². The largest absolute Gasteiger partial charge is 0.375 e. The molecule has 0 aromatic rings. The monoisotopic (exact) mass is 222 g/mol. The molecule has 0 aromatic heterocycles. The summed E-state index contributed by atoms with van der Waals surface area (Å²) in [6.07, 6.45) is 10.1. The number of hydrogen-bond donors (Lipinski definition) is 1. The van der Waals surface area contributed by atoms with Gasteiger partial charge in [0.15, 0.2) is 0 Å². The molecule has 1 saturated heterocycles. The first-order valence-corrected chi connectivity index (χ1v) is 6.67. The highest BCUT2D eigenvalue weighted by Gasteiger charge is 2.27. The van der Waals surface area contributed by atoms with E-state index in [0.29, 0.717) is 6.04 Å². The van der Waals surface area contributed by atoms with E-state index in [4.69, 9.17) is 4.74 Å². The highest BCUT2D eigenvalue weighted by Crippen LogP contribution is 2.20. The van der Waals surface area contributed by atoms with Gasteiger partial charge in [-0.05, 0) is 25.7 Å². The summed E-state index contributed by atoms with van der Waals surface area (Å²) in [7, 11) is 0. The number of hydrogen-bond acceptors (Lipinski definition) is 3. The number of nitrogens with one attached hydrogen (secondary N) is 1. The molecule has 2 rings (SSSR count). The van der Waals surface area contributed by atoms with Gasteiger partial charge in [-0.3, -0.25) is 5.32 Å². The number of ether oxygens (including phenoxy) is 1. The van der Waals surface area contributed by atoms with Crippen LogP contribution in [0.15, 0.2) is 0 Å². The predicted octanol–water partition coefficient (Wildman–Crippen LogP) is 2.37. The molecule has 3 heteroatoms. The molecule has 2 atom stereocenters.